The fourth-order valence-electron chi connectivity index (χ4n) is 3.68. The molecule has 1 aliphatic heterocycles. The molecule has 1 saturated heterocycles. The predicted octanol–water partition coefficient (Wildman–Crippen LogP) is 5.80. The highest BCUT2D eigenvalue weighted by atomic mass is 127. The van der Waals surface area contributed by atoms with Gasteiger partial charge in [-0.1, -0.05) is 25.6 Å². The second-order valence-electron chi connectivity index (χ2n) is 7.66. The first-order valence-electron chi connectivity index (χ1n) is 11.4. The predicted molar refractivity (Wildman–Crippen MR) is 152 cm³/mol. The Hall–Kier alpha value is -1.63. The topological polar surface area (TPSA) is 62.3 Å². The zero-order chi connectivity index (χ0) is 23.4. The molecule has 1 fully saturated rings. The van der Waals surface area contributed by atoms with Crippen LogP contribution in [-0.4, -0.2) is 70.9 Å². The van der Waals surface area contributed by atoms with Crippen LogP contribution >= 0.6 is 30.4 Å². The summed E-state index contributed by atoms with van der Waals surface area (Å²) in [5, 5.41) is 1.05. The summed E-state index contributed by atoms with van der Waals surface area (Å²) < 4.78 is 27.3. The summed E-state index contributed by atoms with van der Waals surface area (Å²) in [6, 6.07) is 18.7. The third-order valence-corrected chi connectivity index (χ3v) is 6.44. The quantitative estimate of drug-likeness (QED) is 0.136. The number of fused-ring (bicyclic) bond motifs is 1. The molecule has 0 N–H and O–H groups in total. The van der Waals surface area contributed by atoms with Crippen molar-refractivity contribution in [2.75, 3.05) is 70.8 Å². The lowest BCUT2D eigenvalue weighted by Gasteiger charge is -2.28. The first kappa shape index (κ1) is 27.9. The Morgan fingerprint density at radius 1 is 0.857 bits per heavy atom. The van der Waals surface area contributed by atoms with Gasteiger partial charge in [0.25, 0.3) is 0 Å². The summed E-state index contributed by atoms with van der Waals surface area (Å²) >= 11 is 2.08. The number of ether oxygens (including phenoxy) is 4. The van der Waals surface area contributed by atoms with E-state index in [1.807, 2.05) is 18.2 Å². The van der Waals surface area contributed by atoms with Crippen molar-refractivity contribution in [3.63, 3.8) is 0 Å². The number of anilines is 1. The van der Waals surface area contributed by atoms with Crippen molar-refractivity contribution in [2.45, 2.75) is 7.43 Å². The zero-order valence-electron chi connectivity index (χ0n) is 19.0. The Morgan fingerprint density at radius 3 is 2.31 bits per heavy atom. The summed E-state index contributed by atoms with van der Waals surface area (Å²) in [5.74, 6) is 0.810. The van der Waals surface area contributed by atoms with E-state index >= 15 is 0 Å². The van der Waals surface area contributed by atoms with E-state index in [2.05, 4.69) is 62.5 Å². The molecule has 0 amide bonds. The van der Waals surface area contributed by atoms with E-state index in [1.165, 1.54) is 14.9 Å². The molecule has 0 radical (unpaired) electrons. The Kier molecular flexibility index (Phi) is 12.4. The molecule has 7 nitrogen and oxygen atoms in total. The molecule has 35 heavy (non-hydrogen) atoms. The smallest absolute Gasteiger partial charge is 0.120 e. The Labute approximate surface area is 224 Å². The van der Waals surface area contributed by atoms with Crippen molar-refractivity contribution in [3.05, 3.63) is 54.6 Å². The van der Waals surface area contributed by atoms with E-state index in [0.29, 0.717) is 39.6 Å². The van der Waals surface area contributed by atoms with Gasteiger partial charge in [-0.25, -0.2) is 4.98 Å². The number of morpholine rings is 1. The summed E-state index contributed by atoms with van der Waals surface area (Å²) in [6.07, 6.45) is 0. The first-order valence-corrected chi connectivity index (χ1v) is 14.6. The molecule has 0 atom stereocenters. The highest BCUT2D eigenvalue weighted by Crippen LogP contribution is 2.26. The third kappa shape index (κ3) is 8.76. The Morgan fingerprint density at radius 2 is 1.57 bits per heavy atom. The fourth-order valence-corrected chi connectivity index (χ4v) is 4.35. The maximum absolute atomic E-state index is 5.83. The molecule has 0 spiro atoms. The minimum Gasteiger partial charge on any atom is -0.491 e. The molecule has 0 saturated carbocycles. The van der Waals surface area contributed by atoms with E-state index in [0.717, 1.165) is 54.2 Å². The Balaban J connectivity index is 0.00000342. The lowest BCUT2D eigenvalue weighted by atomic mass is 10.1. The van der Waals surface area contributed by atoms with Crippen LogP contribution in [-0.2, 0) is 18.4 Å². The van der Waals surface area contributed by atoms with E-state index in [4.69, 9.17) is 28.1 Å². The van der Waals surface area contributed by atoms with Crippen molar-refractivity contribution >= 4 is 47.0 Å². The molecule has 2 aromatic carbocycles. The van der Waals surface area contributed by atoms with Gasteiger partial charge < -0.3 is 28.0 Å². The van der Waals surface area contributed by atoms with Crippen LogP contribution in [0.3, 0.4) is 0 Å². The molecular weight excluding hydrogens is 579 g/mol. The fraction of sp³-hybridized carbons (Fsp3) is 0.423. The Bertz CT molecular complexity index is 1020. The number of aromatic nitrogens is 1. The van der Waals surface area contributed by atoms with E-state index in [1.54, 1.807) is 0 Å². The highest BCUT2D eigenvalue weighted by Gasteiger charge is 2.11. The first-order chi connectivity index (χ1) is 16.8. The molecule has 1 aromatic heterocycles. The molecule has 0 bridgehead atoms. The maximum atomic E-state index is 5.83. The van der Waals surface area contributed by atoms with Crippen molar-refractivity contribution < 1.29 is 23.1 Å². The lowest BCUT2D eigenvalue weighted by molar-refractivity contribution is 0.0293. The molecule has 9 heteroatoms. The van der Waals surface area contributed by atoms with Crippen LogP contribution < -0.4 is 9.64 Å². The number of nitrogens with zero attached hydrogens (tertiary/aromatic N) is 2. The van der Waals surface area contributed by atoms with Gasteiger partial charge in [0, 0.05) is 50.9 Å². The average molecular weight is 613 g/mol. The molecule has 0 unspecified atom stereocenters. The van der Waals surface area contributed by atoms with Crippen LogP contribution in [0.1, 0.15) is 7.43 Å². The summed E-state index contributed by atoms with van der Waals surface area (Å²) in [6.45, 7) is 6.69. The van der Waals surface area contributed by atoms with Crippen molar-refractivity contribution in [2.24, 2.45) is 0 Å². The monoisotopic (exact) mass is 612 g/mol. The van der Waals surface area contributed by atoms with Crippen molar-refractivity contribution in [1.82, 2.24) is 4.98 Å². The largest absolute Gasteiger partial charge is 0.491 e. The van der Waals surface area contributed by atoms with Gasteiger partial charge in [0.15, 0.2) is 0 Å². The highest BCUT2D eigenvalue weighted by molar-refractivity contribution is 14.2. The van der Waals surface area contributed by atoms with Gasteiger partial charge in [-0.05, 0) is 36.4 Å². The minimum atomic E-state index is 0. The molecule has 0 aliphatic carbocycles. The number of benzene rings is 2. The number of rotatable bonds is 13. The number of hydrogen-bond acceptors (Lipinski definition) is 8. The van der Waals surface area contributed by atoms with Crippen molar-refractivity contribution in [1.29, 1.82) is 0 Å². The van der Waals surface area contributed by atoms with Crippen LogP contribution in [0.4, 0.5) is 5.69 Å². The zero-order valence-corrected chi connectivity index (χ0v) is 22.0. The number of halogens is 1. The van der Waals surface area contributed by atoms with Gasteiger partial charge in [-0.15, -0.1) is 0 Å². The van der Waals surface area contributed by atoms with Gasteiger partial charge in [-0.2, -0.15) is 0 Å². The lowest BCUT2D eigenvalue weighted by Crippen LogP contribution is -2.36. The summed E-state index contributed by atoms with van der Waals surface area (Å²) in [5.41, 5.74) is 4.24. The van der Waals surface area contributed by atoms with Crippen LogP contribution in [0.5, 0.6) is 5.75 Å². The number of pyridine rings is 1. The molecule has 190 valence electrons. The summed E-state index contributed by atoms with van der Waals surface area (Å²) in [4.78, 5) is 7.20. The minimum absolute atomic E-state index is 0. The van der Waals surface area contributed by atoms with E-state index in [-0.39, 0.29) is 7.43 Å². The van der Waals surface area contributed by atoms with E-state index in [9.17, 15) is 0 Å². The van der Waals surface area contributed by atoms with Crippen LogP contribution in [0.25, 0.3) is 22.2 Å². The van der Waals surface area contributed by atoms with Gasteiger partial charge in [0.1, 0.15) is 12.4 Å². The number of hydrogen-bond donors (Lipinski definition) is 0. The normalized spacial score (nSPS) is 13.6. The second kappa shape index (κ2) is 15.5. The molecule has 1 aliphatic rings. The van der Waals surface area contributed by atoms with Crippen LogP contribution in [0, 0.1) is 0 Å². The van der Waals surface area contributed by atoms with E-state index < -0.39 is 0 Å². The molecule has 4 rings (SSSR count). The standard InChI is InChI=1S/C25H29IN2O5S.CH4/c26-34-33-18-16-31-14-13-30-15-17-32-23-6-8-25-21(19-23)3-7-24(27-25)20-1-4-22(5-2-20)28-9-11-29-12-10-28;/h1-8,19H,9-18H2;1H4. The van der Waals surface area contributed by atoms with Gasteiger partial charge in [-0.3, -0.25) is 0 Å². The second-order valence-corrected chi connectivity index (χ2v) is 9.10. The van der Waals surface area contributed by atoms with Gasteiger partial charge >= 0.3 is 0 Å². The van der Waals surface area contributed by atoms with Crippen LogP contribution in [0.15, 0.2) is 54.6 Å². The average Bonchev–Trinajstić information content (AvgIpc) is 2.90. The maximum Gasteiger partial charge on any atom is 0.120 e. The third-order valence-electron chi connectivity index (χ3n) is 5.42. The SMILES string of the molecule is C.ISOCCOCCOCCOc1ccc2nc(-c3ccc(N4CCOCC4)cc3)ccc2c1. The summed E-state index contributed by atoms with van der Waals surface area (Å²) in [7, 11) is 1.31. The molecular formula is C26H33IN2O5S. The van der Waals surface area contributed by atoms with Crippen molar-refractivity contribution in [3.8, 4) is 17.0 Å². The van der Waals surface area contributed by atoms with Crippen LogP contribution in [0.2, 0.25) is 0 Å². The van der Waals surface area contributed by atoms with Gasteiger partial charge in [0.05, 0.1) is 66.7 Å². The molecule has 2 heterocycles. The molecule has 3 aromatic rings. The van der Waals surface area contributed by atoms with Gasteiger partial charge in [0.2, 0.25) is 0 Å².